The number of hydrogen-bond donors (Lipinski definition) is 1. The Labute approximate surface area is 108 Å². The van der Waals surface area contributed by atoms with Crippen LogP contribution in [0, 0.1) is 12.7 Å². The summed E-state index contributed by atoms with van der Waals surface area (Å²) in [7, 11) is 0. The third-order valence-electron chi connectivity index (χ3n) is 2.93. The van der Waals surface area contributed by atoms with E-state index in [1.165, 1.54) is 12.1 Å². The second-order valence-electron chi connectivity index (χ2n) is 3.99. The minimum atomic E-state index is -0.229. The van der Waals surface area contributed by atoms with Crippen LogP contribution in [0.3, 0.4) is 0 Å². The smallest absolute Gasteiger partial charge is 0.124 e. The molecule has 0 amide bonds. The lowest BCUT2D eigenvalue weighted by Gasteiger charge is -2.09. The van der Waals surface area contributed by atoms with Gasteiger partial charge in [-0.25, -0.2) is 4.39 Å². The Morgan fingerprint density at radius 1 is 1.29 bits per heavy atom. The van der Waals surface area contributed by atoms with Gasteiger partial charge < -0.3 is 10.3 Å². The van der Waals surface area contributed by atoms with Crippen LogP contribution < -0.4 is 5.73 Å². The number of benzene rings is 1. The van der Waals surface area contributed by atoms with Crippen LogP contribution in [0.15, 0.2) is 34.9 Å². The molecular weight excluding hydrogens is 283 g/mol. The summed E-state index contributed by atoms with van der Waals surface area (Å²) >= 11 is 3.37. The summed E-state index contributed by atoms with van der Waals surface area (Å²) in [6, 6.07) is 6.77. The summed E-state index contributed by atoms with van der Waals surface area (Å²) in [4.78, 5) is 0. The van der Waals surface area contributed by atoms with Gasteiger partial charge in [-0.3, -0.25) is 0 Å². The zero-order chi connectivity index (χ0) is 12.4. The molecule has 2 nitrogen and oxygen atoms in total. The zero-order valence-corrected chi connectivity index (χ0v) is 11.2. The molecule has 2 aromatic rings. The van der Waals surface area contributed by atoms with E-state index < -0.39 is 0 Å². The molecule has 4 heteroatoms. The lowest BCUT2D eigenvalue weighted by molar-refractivity contribution is 0.625. The highest BCUT2D eigenvalue weighted by Crippen LogP contribution is 2.20. The maximum atomic E-state index is 13.0. The number of rotatable bonds is 3. The van der Waals surface area contributed by atoms with Crippen LogP contribution in [-0.4, -0.2) is 4.57 Å². The summed E-state index contributed by atoms with van der Waals surface area (Å²) in [5, 5.41) is 0. The van der Waals surface area contributed by atoms with E-state index in [4.69, 9.17) is 5.73 Å². The van der Waals surface area contributed by atoms with Gasteiger partial charge in [0, 0.05) is 29.5 Å². The van der Waals surface area contributed by atoms with E-state index in [1.807, 2.05) is 19.2 Å². The molecule has 0 aliphatic carbocycles. The maximum absolute atomic E-state index is 13.0. The average Bonchev–Trinajstić information content (AvgIpc) is 2.64. The Morgan fingerprint density at radius 2 is 2.06 bits per heavy atom. The Kier molecular flexibility index (Phi) is 3.64. The first-order valence-corrected chi connectivity index (χ1v) is 6.19. The number of nitrogens with two attached hydrogens (primary N) is 1. The van der Waals surface area contributed by atoms with E-state index in [2.05, 4.69) is 20.5 Å². The molecule has 17 heavy (non-hydrogen) atoms. The molecule has 2 N–H and O–H groups in total. The van der Waals surface area contributed by atoms with Gasteiger partial charge in [-0.15, -0.1) is 0 Å². The van der Waals surface area contributed by atoms with Crippen LogP contribution in [0.5, 0.6) is 0 Å². The van der Waals surface area contributed by atoms with E-state index in [0.29, 0.717) is 13.1 Å². The van der Waals surface area contributed by atoms with Gasteiger partial charge in [0.05, 0.1) is 0 Å². The summed E-state index contributed by atoms with van der Waals surface area (Å²) in [5.41, 5.74) is 8.98. The van der Waals surface area contributed by atoms with Gasteiger partial charge in [-0.1, -0.05) is 22.0 Å². The molecule has 1 aromatic heterocycles. The zero-order valence-electron chi connectivity index (χ0n) is 9.58. The minimum absolute atomic E-state index is 0.229. The third kappa shape index (κ3) is 2.58. The van der Waals surface area contributed by atoms with Crippen molar-refractivity contribution in [3.63, 3.8) is 0 Å². The Hall–Kier alpha value is -1.13. The number of aromatic nitrogens is 1. The largest absolute Gasteiger partial charge is 0.347 e. The quantitative estimate of drug-likeness (QED) is 0.926. The van der Waals surface area contributed by atoms with Crippen LogP contribution in [0.4, 0.5) is 4.39 Å². The van der Waals surface area contributed by atoms with Crippen LogP contribution >= 0.6 is 15.9 Å². The highest BCUT2D eigenvalue weighted by molar-refractivity contribution is 9.10. The molecule has 0 radical (unpaired) electrons. The Morgan fingerprint density at radius 3 is 2.65 bits per heavy atom. The molecule has 0 aliphatic heterocycles. The lowest BCUT2D eigenvalue weighted by Crippen LogP contribution is -2.04. The van der Waals surface area contributed by atoms with Gasteiger partial charge in [-0.05, 0) is 36.2 Å². The maximum Gasteiger partial charge on any atom is 0.124 e. The Balaban J connectivity index is 2.28. The standard InChI is InChI=1S/C13H14BrFN2/c1-9-10(7-16)4-5-17(9)8-11-2-3-12(15)6-13(11)14/h2-6H,7-8,16H2,1H3. The van der Waals surface area contributed by atoms with E-state index >= 15 is 0 Å². The van der Waals surface area contributed by atoms with E-state index in [-0.39, 0.29) is 5.82 Å². The molecule has 1 aromatic carbocycles. The lowest BCUT2D eigenvalue weighted by atomic mass is 10.2. The van der Waals surface area contributed by atoms with Gasteiger partial charge in [-0.2, -0.15) is 0 Å². The minimum Gasteiger partial charge on any atom is -0.347 e. The fourth-order valence-electron chi connectivity index (χ4n) is 1.82. The van der Waals surface area contributed by atoms with E-state index in [0.717, 1.165) is 21.3 Å². The van der Waals surface area contributed by atoms with Gasteiger partial charge in [0.25, 0.3) is 0 Å². The van der Waals surface area contributed by atoms with Crippen LogP contribution in [-0.2, 0) is 13.1 Å². The second-order valence-corrected chi connectivity index (χ2v) is 4.85. The number of hydrogen-bond acceptors (Lipinski definition) is 1. The summed E-state index contributed by atoms with van der Waals surface area (Å²) in [6.45, 7) is 3.30. The van der Waals surface area contributed by atoms with Crippen molar-refractivity contribution in [1.82, 2.24) is 4.57 Å². The average molecular weight is 297 g/mol. The van der Waals surface area contributed by atoms with Crippen molar-refractivity contribution < 1.29 is 4.39 Å². The summed E-state index contributed by atoms with van der Waals surface area (Å²) in [6.07, 6.45) is 2.01. The highest BCUT2D eigenvalue weighted by Gasteiger charge is 2.06. The SMILES string of the molecule is Cc1c(CN)ccn1Cc1ccc(F)cc1Br. The molecule has 0 unspecified atom stereocenters. The fraction of sp³-hybridized carbons (Fsp3) is 0.231. The molecule has 0 saturated heterocycles. The van der Waals surface area contributed by atoms with Crippen LogP contribution in [0.1, 0.15) is 16.8 Å². The normalized spacial score (nSPS) is 10.8. The van der Waals surface area contributed by atoms with Crippen molar-refractivity contribution in [2.45, 2.75) is 20.0 Å². The Bertz CT molecular complexity index is 534. The van der Waals surface area contributed by atoms with Gasteiger partial charge in [0.1, 0.15) is 5.82 Å². The summed E-state index contributed by atoms with van der Waals surface area (Å²) < 4.78 is 15.9. The highest BCUT2D eigenvalue weighted by atomic mass is 79.9. The third-order valence-corrected chi connectivity index (χ3v) is 3.67. The molecular formula is C13H14BrFN2. The predicted molar refractivity (Wildman–Crippen MR) is 70.3 cm³/mol. The fourth-order valence-corrected chi connectivity index (χ4v) is 2.29. The molecule has 1 heterocycles. The molecule has 0 bridgehead atoms. The molecule has 90 valence electrons. The second kappa shape index (κ2) is 5.02. The van der Waals surface area contributed by atoms with Gasteiger partial charge in [0.15, 0.2) is 0 Å². The number of halogens is 2. The van der Waals surface area contributed by atoms with Crippen molar-refractivity contribution in [2.24, 2.45) is 5.73 Å². The molecule has 0 saturated carbocycles. The van der Waals surface area contributed by atoms with Crippen LogP contribution in [0.25, 0.3) is 0 Å². The monoisotopic (exact) mass is 296 g/mol. The summed E-state index contributed by atoms with van der Waals surface area (Å²) in [5.74, 6) is -0.229. The molecule has 2 rings (SSSR count). The first kappa shape index (κ1) is 12.3. The van der Waals surface area contributed by atoms with Crippen molar-refractivity contribution in [2.75, 3.05) is 0 Å². The van der Waals surface area contributed by atoms with Gasteiger partial charge >= 0.3 is 0 Å². The van der Waals surface area contributed by atoms with Crippen molar-refractivity contribution in [1.29, 1.82) is 0 Å². The van der Waals surface area contributed by atoms with Crippen molar-refractivity contribution in [3.8, 4) is 0 Å². The molecule has 0 atom stereocenters. The van der Waals surface area contributed by atoms with Gasteiger partial charge in [0.2, 0.25) is 0 Å². The first-order chi connectivity index (χ1) is 8.11. The topological polar surface area (TPSA) is 30.9 Å². The molecule has 0 aliphatic rings. The predicted octanol–water partition coefficient (Wildman–Crippen LogP) is 3.21. The van der Waals surface area contributed by atoms with Crippen molar-refractivity contribution in [3.05, 3.63) is 57.6 Å². The number of nitrogens with zero attached hydrogens (tertiary/aromatic N) is 1. The molecule has 0 spiro atoms. The van der Waals surface area contributed by atoms with Crippen molar-refractivity contribution >= 4 is 15.9 Å². The van der Waals surface area contributed by atoms with E-state index in [9.17, 15) is 4.39 Å². The van der Waals surface area contributed by atoms with Crippen LogP contribution in [0.2, 0.25) is 0 Å². The van der Waals surface area contributed by atoms with E-state index in [1.54, 1.807) is 6.07 Å². The molecule has 0 fully saturated rings. The first-order valence-electron chi connectivity index (χ1n) is 5.40.